The lowest BCUT2D eigenvalue weighted by Crippen LogP contribution is -2.57. The zero-order valence-corrected chi connectivity index (χ0v) is 30.3. The van der Waals surface area contributed by atoms with Gasteiger partial charge in [-0.1, -0.05) is 11.6 Å². The number of ether oxygens (including phenoxy) is 2. The second kappa shape index (κ2) is 15.5. The lowest BCUT2D eigenvalue weighted by Gasteiger charge is -2.44. The average Bonchev–Trinajstić information content (AvgIpc) is 3.41. The van der Waals surface area contributed by atoms with Gasteiger partial charge in [-0.15, -0.1) is 0 Å². The molecular formula is C37H42ClF3N6O6. The summed E-state index contributed by atoms with van der Waals surface area (Å²) in [6.07, 6.45) is 0.211. The van der Waals surface area contributed by atoms with Crippen LogP contribution in [0, 0.1) is 17.5 Å². The molecule has 284 valence electrons. The number of hydrogen-bond acceptors (Lipinski definition) is 9. The van der Waals surface area contributed by atoms with Gasteiger partial charge in [0, 0.05) is 62.3 Å². The Bertz CT molecular complexity index is 1820. The van der Waals surface area contributed by atoms with Crippen molar-refractivity contribution in [1.29, 1.82) is 0 Å². The summed E-state index contributed by atoms with van der Waals surface area (Å²) in [5.41, 5.74) is -2.22. The Kier molecular flexibility index (Phi) is 11.2. The van der Waals surface area contributed by atoms with E-state index in [0.717, 1.165) is 24.3 Å². The highest BCUT2D eigenvalue weighted by atomic mass is 35.5. The first-order chi connectivity index (χ1) is 25.1. The normalized spacial score (nSPS) is 23.9. The number of nitrogens with one attached hydrogen (secondary N) is 2. The van der Waals surface area contributed by atoms with E-state index < -0.39 is 58.7 Å². The molecule has 0 aliphatic carbocycles. The summed E-state index contributed by atoms with van der Waals surface area (Å²) >= 11 is 5.88. The second-order valence-electron chi connectivity index (χ2n) is 14.5. The molecule has 3 fully saturated rings. The first-order valence-electron chi connectivity index (χ1n) is 17.4. The Morgan fingerprint density at radius 1 is 1.04 bits per heavy atom. The van der Waals surface area contributed by atoms with Crippen LogP contribution in [0.25, 0.3) is 0 Å². The van der Waals surface area contributed by atoms with Crippen LogP contribution < -0.4 is 20.4 Å². The molecule has 3 aliphatic heterocycles. The molecule has 16 heteroatoms. The van der Waals surface area contributed by atoms with E-state index in [9.17, 15) is 32.7 Å². The Morgan fingerprint density at radius 3 is 2.47 bits per heavy atom. The van der Waals surface area contributed by atoms with Crippen molar-refractivity contribution in [2.24, 2.45) is 0 Å². The molecule has 3 N–H and O–H groups in total. The summed E-state index contributed by atoms with van der Waals surface area (Å²) in [6, 6.07) is 9.65. The maximum Gasteiger partial charge on any atom is 0.407 e. The van der Waals surface area contributed by atoms with Gasteiger partial charge >= 0.3 is 6.09 Å². The fourth-order valence-corrected chi connectivity index (χ4v) is 7.19. The molecule has 1 unspecified atom stereocenters. The van der Waals surface area contributed by atoms with E-state index in [2.05, 4.69) is 25.4 Å². The highest BCUT2D eigenvalue weighted by molar-refractivity contribution is 6.30. The highest BCUT2D eigenvalue weighted by Gasteiger charge is 2.51. The molecule has 3 amide bonds. The van der Waals surface area contributed by atoms with Crippen LogP contribution in [0.4, 0.5) is 29.5 Å². The van der Waals surface area contributed by atoms with Crippen molar-refractivity contribution >= 4 is 41.0 Å². The number of carbonyl (C=O) groups excluding carboxylic acids is 3. The van der Waals surface area contributed by atoms with Crippen LogP contribution in [0.5, 0.6) is 0 Å². The number of amides is 3. The maximum absolute atomic E-state index is 14.8. The predicted octanol–water partition coefficient (Wildman–Crippen LogP) is 4.48. The highest BCUT2D eigenvalue weighted by Crippen LogP contribution is 2.34. The number of anilines is 2. The molecule has 1 aromatic heterocycles. The van der Waals surface area contributed by atoms with Crippen LogP contribution >= 0.6 is 11.6 Å². The van der Waals surface area contributed by atoms with E-state index in [0.29, 0.717) is 49.7 Å². The topological polar surface area (TPSA) is 137 Å². The molecule has 12 nitrogen and oxygen atoms in total. The zero-order valence-electron chi connectivity index (χ0n) is 29.6. The summed E-state index contributed by atoms with van der Waals surface area (Å²) < 4.78 is 54.2. The SMILES string of the molecule is CC(C)(C)OC(=O)N[C@H]1CC(N2CCN(c3ccc(N4CC[C@](O)(C(=O)NCc5cc(F)cc(Cl)c5)C4=O)cn3)CC2)CO[C@@H]1c1cc(F)ccc1F. The number of aromatic nitrogens is 1. The average molecular weight is 759 g/mol. The molecule has 0 spiro atoms. The van der Waals surface area contributed by atoms with Crippen molar-refractivity contribution in [3.8, 4) is 0 Å². The number of piperazine rings is 1. The summed E-state index contributed by atoms with van der Waals surface area (Å²) in [4.78, 5) is 49.1. The van der Waals surface area contributed by atoms with Crippen molar-refractivity contribution in [1.82, 2.24) is 20.5 Å². The third-order valence-electron chi connectivity index (χ3n) is 9.57. The molecule has 53 heavy (non-hydrogen) atoms. The largest absolute Gasteiger partial charge is 0.444 e. The quantitative estimate of drug-likeness (QED) is 0.284. The van der Waals surface area contributed by atoms with E-state index in [-0.39, 0.29) is 42.7 Å². The molecule has 4 atom stereocenters. The number of halogens is 4. The molecule has 0 saturated carbocycles. The Labute approximate surface area is 310 Å². The van der Waals surface area contributed by atoms with Gasteiger partial charge in [-0.25, -0.2) is 22.9 Å². The van der Waals surface area contributed by atoms with Crippen LogP contribution in [0.2, 0.25) is 5.02 Å². The number of hydrogen-bond donors (Lipinski definition) is 3. The van der Waals surface area contributed by atoms with Crippen LogP contribution in [0.15, 0.2) is 54.7 Å². The Balaban J connectivity index is 1.04. The van der Waals surface area contributed by atoms with Crippen molar-refractivity contribution in [3.05, 3.63) is 88.3 Å². The van der Waals surface area contributed by atoms with E-state index >= 15 is 0 Å². The maximum atomic E-state index is 14.8. The third kappa shape index (κ3) is 8.86. The van der Waals surface area contributed by atoms with Gasteiger partial charge < -0.3 is 35.0 Å². The predicted molar refractivity (Wildman–Crippen MR) is 190 cm³/mol. The van der Waals surface area contributed by atoms with Crippen molar-refractivity contribution in [2.45, 2.75) is 69.5 Å². The molecular weight excluding hydrogens is 717 g/mol. The van der Waals surface area contributed by atoms with Gasteiger partial charge in [0.05, 0.1) is 24.5 Å². The molecule has 3 aromatic rings. The smallest absolute Gasteiger partial charge is 0.407 e. The fourth-order valence-electron chi connectivity index (χ4n) is 6.95. The van der Waals surface area contributed by atoms with Gasteiger partial charge in [0.15, 0.2) is 0 Å². The van der Waals surface area contributed by atoms with Crippen LogP contribution in [0.1, 0.15) is 50.8 Å². The van der Waals surface area contributed by atoms with Gasteiger partial charge in [0.2, 0.25) is 5.60 Å². The minimum absolute atomic E-state index is 0.0269. The zero-order chi connectivity index (χ0) is 38.1. The summed E-state index contributed by atoms with van der Waals surface area (Å²) in [7, 11) is 0. The fraction of sp³-hybridized carbons (Fsp3) is 0.459. The number of alkyl carbamates (subject to hydrolysis) is 1. The molecule has 0 bridgehead atoms. The Morgan fingerprint density at radius 2 is 1.79 bits per heavy atom. The minimum atomic E-state index is -2.29. The van der Waals surface area contributed by atoms with E-state index in [1.165, 1.54) is 23.2 Å². The minimum Gasteiger partial charge on any atom is -0.444 e. The number of aliphatic hydroxyl groups is 1. The molecule has 0 radical (unpaired) electrons. The summed E-state index contributed by atoms with van der Waals surface area (Å²) in [5.74, 6) is -2.81. The van der Waals surface area contributed by atoms with Gasteiger partial charge in [0.1, 0.15) is 35.0 Å². The number of nitrogens with zero attached hydrogens (tertiary/aromatic N) is 4. The molecule has 3 aliphatic rings. The molecule has 4 heterocycles. The van der Waals surface area contributed by atoms with E-state index in [1.54, 1.807) is 32.9 Å². The summed E-state index contributed by atoms with van der Waals surface area (Å²) in [5, 5.41) is 16.5. The number of rotatable bonds is 8. The van der Waals surface area contributed by atoms with Crippen LogP contribution in [-0.4, -0.2) is 95.5 Å². The van der Waals surface area contributed by atoms with Crippen molar-refractivity contribution < 1.29 is 42.1 Å². The number of benzene rings is 2. The second-order valence-corrected chi connectivity index (χ2v) is 14.9. The van der Waals surface area contributed by atoms with Crippen molar-refractivity contribution in [3.63, 3.8) is 0 Å². The Hall–Kier alpha value is -4.44. The van der Waals surface area contributed by atoms with Gasteiger partial charge in [-0.05, 0) is 81.3 Å². The van der Waals surface area contributed by atoms with Gasteiger partial charge in [0.25, 0.3) is 11.8 Å². The number of pyridine rings is 1. The molecule has 2 aromatic carbocycles. The van der Waals surface area contributed by atoms with Crippen LogP contribution in [-0.2, 0) is 25.6 Å². The van der Waals surface area contributed by atoms with E-state index in [4.69, 9.17) is 21.1 Å². The standard InChI is InChI=1S/C37H42ClF3N6O6/c1-36(2,3)53-35(50)44-30-18-27(21-52-32(30)28-17-24(39)4-6-29(28)41)45-10-12-46(13-11-45)31-7-5-26(20-42-31)47-9-8-37(51,34(47)49)33(48)43-19-22-14-23(38)16-25(40)15-22/h4-7,14-17,20,27,30,32,51H,8-13,18-19,21H2,1-3H3,(H,43,48)(H,44,50)/t27?,30-,32+,37-/m0/s1. The van der Waals surface area contributed by atoms with Crippen LogP contribution in [0.3, 0.4) is 0 Å². The first kappa shape index (κ1) is 38.3. The monoisotopic (exact) mass is 758 g/mol. The van der Waals surface area contributed by atoms with Gasteiger partial charge in [-0.3, -0.25) is 14.5 Å². The lowest BCUT2D eigenvalue weighted by atomic mass is 9.92. The van der Waals surface area contributed by atoms with Gasteiger partial charge in [-0.2, -0.15) is 0 Å². The lowest BCUT2D eigenvalue weighted by molar-refractivity contribution is -0.149. The first-order valence-corrected chi connectivity index (χ1v) is 17.8. The molecule has 3 saturated heterocycles. The third-order valence-corrected chi connectivity index (χ3v) is 9.79. The summed E-state index contributed by atoms with van der Waals surface area (Å²) in [6.45, 7) is 7.89. The van der Waals surface area contributed by atoms with Crippen molar-refractivity contribution in [2.75, 3.05) is 49.1 Å². The molecule has 6 rings (SSSR count). The van der Waals surface area contributed by atoms with E-state index in [1.807, 2.05) is 0 Å². The number of carbonyl (C=O) groups is 3.